The van der Waals surface area contributed by atoms with E-state index in [-0.39, 0.29) is 55.1 Å². The van der Waals surface area contributed by atoms with Gasteiger partial charge in [-0.15, -0.1) is 0 Å². The number of amides is 2. The lowest BCUT2D eigenvalue weighted by Crippen LogP contribution is -2.50. The standard InChI is InChI=1S/C28H38FN7O3/c1-16(2)25(15-38)35-28(39)33-21-9-7-20(8-10-21)32-26-22-12-23(18-5-4-6-19(29)11-18)30-13-24(22)34-27(36-26)31-17(3)14-37/h4-6,11-13,16-17,20-21,25,37-38H,7-10,14-15H2,1-3H3,(H2,33,35,39)(H2,31,32,34,36)/t17-,20?,21?,25+/m1/s1. The fraction of sp³-hybridized carbons (Fsp3) is 0.500. The molecule has 3 aromatic rings. The summed E-state index contributed by atoms with van der Waals surface area (Å²) in [7, 11) is 0. The Hall–Kier alpha value is -3.57. The number of aromatic nitrogens is 3. The summed E-state index contributed by atoms with van der Waals surface area (Å²) >= 11 is 0. The topological polar surface area (TPSA) is 144 Å². The van der Waals surface area contributed by atoms with Gasteiger partial charge in [-0.1, -0.05) is 26.0 Å². The molecule has 6 N–H and O–H groups in total. The summed E-state index contributed by atoms with van der Waals surface area (Å²) in [5.74, 6) is 0.809. The number of hydrogen-bond acceptors (Lipinski definition) is 8. The quantitative estimate of drug-likeness (QED) is 0.229. The highest BCUT2D eigenvalue weighted by Gasteiger charge is 2.25. The fourth-order valence-corrected chi connectivity index (χ4v) is 4.67. The Morgan fingerprint density at radius 1 is 1.05 bits per heavy atom. The van der Waals surface area contributed by atoms with Crippen molar-refractivity contribution in [3.63, 3.8) is 0 Å². The molecule has 0 spiro atoms. The van der Waals surface area contributed by atoms with Crippen LogP contribution in [0.3, 0.4) is 0 Å². The maximum Gasteiger partial charge on any atom is 0.315 e. The van der Waals surface area contributed by atoms with Gasteiger partial charge in [0.25, 0.3) is 0 Å². The molecule has 2 atom stereocenters. The highest BCUT2D eigenvalue weighted by atomic mass is 19.1. The van der Waals surface area contributed by atoms with Crippen molar-refractivity contribution in [1.82, 2.24) is 25.6 Å². The first-order chi connectivity index (χ1) is 18.7. The number of nitrogens with one attached hydrogen (secondary N) is 4. The summed E-state index contributed by atoms with van der Waals surface area (Å²) in [5, 5.41) is 32.3. The second kappa shape index (κ2) is 13.0. The number of aliphatic hydroxyl groups excluding tert-OH is 2. The number of hydrogen-bond donors (Lipinski definition) is 6. The van der Waals surface area contributed by atoms with E-state index in [1.54, 1.807) is 18.3 Å². The number of rotatable bonds is 10. The molecule has 0 unspecified atom stereocenters. The Bertz CT molecular complexity index is 1270. The molecule has 10 nitrogen and oxygen atoms in total. The Morgan fingerprint density at radius 3 is 2.46 bits per heavy atom. The van der Waals surface area contributed by atoms with Crippen molar-refractivity contribution < 1.29 is 19.4 Å². The maximum absolute atomic E-state index is 13.9. The van der Waals surface area contributed by atoms with E-state index in [1.165, 1.54) is 12.1 Å². The number of carbonyl (C=O) groups is 1. The first kappa shape index (κ1) is 28.4. The average Bonchev–Trinajstić information content (AvgIpc) is 2.92. The van der Waals surface area contributed by atoms with Crippen LogP contribution in [-0.2, 0) is 0 Å². The van der Waals surface area contributed by atoms with E-state index in [9.17, 15) is 19.4 Å². The number of halogens is 1. The molecule has 0 radical (unpaired) electrons. The Labute approximate surface area is 227 Å². The van der Waals surface area contributed by atoms with Gasteiger partial charge in [-0.25, -0.2) is 14.2 Å². The lowest BCUT2D eigenvalue weighted by Gasteiger charge is -2.31. The van der Waals surface area contributed by atoms with Crippen LogP contribution >= 0.6 is 0 Å². The van der Waals surface area contributed by atoms with Crippen LogP contribution in [-0.4, -0.2) is 68.6 Å². The van der Waals surface area contributed by atoms with Crippen LogP contribution in [0.5, 0.6) is 0 Å². The third-order valence-electron chi connectivity index (χ3n) is 7.07. The predicted octanol–water partition coefficient (Wildman–Crippen LogP) is 3.66. The summed E-state index contributed by atoms with van der Waals surface area (Å²) in [6.45, 7) is 5.58. The predicted molar refractivity (Wildman–Crippen MR) is 150 cm³/mol. The molecule has 0 aliphatic heterocycles. The van der Waals surface area contributed by atoms with Crippen LogP contribution in [0.1, 0.15) is 46.5 Å². The number of benzene rings is 1. The van der Waals surface area contributed by atoms with E-state index in [0.717, 1.165) is 31.1 Å². The van der Waals surface area contributed by atoms with Gasteiger partial charge < -0.3 is 31.5 Å². The minimum atomic E-state index is -0.336. The molecule has 39 heavy (non-hydrogen) atoms. The van der Waals surface area contributed by atoms with Crippen molar-refractivity contribution in [1.29, 1.82) is 0 Å². The molecule has 0 bridgehead atoms. The molecule has 11 heteroatoms. The molecular weight excluding hydrogens is 501 g/mol. The van der Waals surface area contributed by atoms with E-state index >= 15 is 0 Å². The third-order valence-corrected chi connectivity index (χ3v) is 7.07. The number of carbonyl (C=O) groups excluding carboxylic acids is 1. The van der Waals surface area contributed by atoms with Crippen LogP contribution in [0, 0.1) is 11.7 Å². The Kier molecular flexibility index (Phi) is 9.47. The van der Waals surface area contributed by atoms with Crippen LogP contribution in [0.25, 0.3) is 22.2 Å². The summed E-state index contributed by atoms with van der Waals surface area (Å²) in [5.41, 5.74) is 1.89. The molecule has 1 aromatic carbocycles. The fourth-order valence-electron chi connectivity index (χ4n) is 4.67. The van der Waals surface area contributed by atoms with Gasteiger partial charge in [-0.2, -0.15) is 4.98 Å². The van der Waals surface area contributed by atoms with Crippen molar-refractivity contribution in [3.8, 4) is 11.3 Å². The largest absolute Gasteiger partial charge is 0.394 e. The first-order valence-corrected chi connectivity index (χ1v) is 13.5. The van der Waals surface area contributed by atoms with E-state index in [4.69, 9.17) is 4.98 Å². The van der Waals surface area contributed by atoms with Crippen molar-refractivity contribution in [3.05, 3.63) is 42.3 Å². The molecule has 4 rings (SSSR count). The average molecular weight is 540 g/mol. The van der Waals surface area contributed by atoms with Crippen LogP contribution in [0.15, 0.2) is 36.5 Å². The molecule has 1 fully saturated rings. The van der Waals surface area contributed by atoms with E-state index < -0.39 is 0 Å². The highest BCUT2D eigenvalue weighted by Crippen LogP contribution is 2.30. The zero-order valence-corrected chi connectivity index (χ0v) is 22.6. The smallest absolute Gasteiger partial charge is 0.315 e. The third kappa shape index (κ3) is 7.51. The summed E-state index contributed by atoms with van der Waals surface area (Å²) in [6.07, 6.45) is 4.88. The number of fused-ring (bicyclic) bond motifs is 1. The molecular formula is C28H38FN7O3. The number of anilines is 2. The van der Waals surface area contributed by atoms with Gasteiger partial charge >= 0.3 is 6.03 Å². The monoisotopic (exact) mass is 539 g/mol. The number of aliphatic hydroxyl groups is 2. The molecule has 1 aliphatic rings. The highest BCUT2D eigenvalue weighted by molar-refractivity contribution is 5.92. The zero-order valence-electron chi connectivity index (χ0n) is 22.6. The van der Waals surface area contributed by atoms with Crippen LogP contribution < -0.4 is 21.3 Å². The zero-order chi connectivity index (χ0) is 27.9. The molecule has 2 heterocycles. The van der Waals surface area contributed by atoms with Crippen molar-refractivity contribution in [2.24, 2.45) is 5.92 Å². The van der Waals surface area contributed by atoms with E-state index in [0.29, 0.717) is 28.5 Å². The van der Waals surface area contributed by atoms with Gasteiger partial charge in [0.15, 0.2) is 0 Å². The van der Waals surface area contributed by atoms with Gasteiger partial charge in [-0.05, 0) is 56.7 Å². The van der Waals surface area contributed by atoms with Crippen molar-refractivity contribution >= 4 is 28.7 Å². The minimum Gasteiger partial charge on any atom is -0.394 e. The normalized spacial score (nSPS) is 18.9. The van der Waals surface area contributed by atoms with Crippen molar-refractivity contribution in [2.45, 2.75) is 70.6 Å². The molecule has 2 amide bonds. The van der Waals surface area contributed by atoms with E-state index in [2.05, 4.69) is 31.2 Å². The SMILES string of the molecule is CC(C)[C@H](CO)NC(=O)NC1CCC(Nc2nc(N[C@H](C)CO)nc3cnc(-c4cccc(F)c4)cc23)CC1. The molecule has 0 saturated heterocycles. The summed E-state index contributed by atoms with van der Waals surface area (Å²) in [4.78, 5) is 26.2. The number of urea groups is 1. The second-order valence-electron chi connectivity index (χ2n) is 10.6. The second-order valence-corrected chi connectivity index (χ2v) is 10.6. The first-order valence-electron chi connectivity index (χ1n) is 13.5. The van der Waals surface area contributed by atoms with Gasteiger partial charge in [-0.3, -0.25) is 4.98 Å². The van der Waals surface area contributed by atoms with Gasteiger partial charge in [0, 0.05) is 29.1 Å². The lowest BCUT2D eigenvalue weighted by molar-refractivity contribution is 0.194. The Morgan fingerprint density at radius 2 is 1.79 bits per heavy atom. The minimum absolute atomic E-state index is 0.0445. The van der Waals surface area contributed by atoms with Crippen molar-refractivity contribution in [2.75, 3.05) is 23.8 Å². The van der Waals surface area contributed by atoms with Crippen LogP contribution in [0.4, 0.5) is 21.0 Å². The molecule has 210 valence electrons. The summed E-state index contributed by atoms with van der Waals surface area (Å²) < 4.78 is 13.9. The summed E-state index contributed by atoms with van der Waals surface area (Å²) in [6, 6.07) is 7.54. The molecule has 2 aromatic heterocycles. The van der Waals surface area contributed by atoms with Crippen LogP contribution in [0.2, 0.25) is 0 Å². The number of pyridine rings is 1. The van der Waals surface area contributed by atoms with E-state index in [1.807, 2.05) is 26.8 Å². The lowest BCUT2D eigenvalue weighted by atomic mass is 9.91. The van der Waals surface area contributed by atoms with Gasteiger partial charge in [0.1, 0.15) is 11.6 Å². The number of nitrogens with zero attached hydrogens (tertiary/aromatic N) is 3. The Balaban J connectivity index is 1.50. The van der Waals surface area contributed by atoms with Gasteiger partial charge in [0.05, 0.1) is 36.7 Å². The molecule has 1 saturated carbocycles. The van der Waals surface area contributed by atoms with Gasteiger partial charge in [0.2, 0.25) is 5.95 Å². The molecule has 1 aliphatic carbocycles. The maximum atomic E-state index is 13.9.